The zero-order chi connectivity index (χ0) is 23.7. The van der Waals surface area contributed by atoms with Gasteiger partial charge in [-0.1, -0.05) is 35.9 Å². The second-order valence-electron chi connectivity index (χ2n) is 9.69. The lowest BCUT2D eigenvalue weighted by atomic mass is 9.85. The van der Waals surface area contributed by atoms with Crippen molar-refractivity contribution in [3.05, 3.63) is 65.7 Å². The number of para-hydroxylation sites is 1. The van der Waals surface area contributed by atoms with Crippen LogP contribution in [-0.2, 0) is 9.59 Å². The van der Waals surface area contributed by atoms with Crippen molar-refractivity contribution in [3.63, 3.8) is 0 Å². The van der Waals surface area contributed by atoms with Gasteiger partial charge in [-0.2, -0.15) is 0 Å². The number of amides is 3. The molecule has 0 atom stereocenters. The number of piperidine rings is 1. The highest BCUT2D eigenvalue weighted by molar-refractivity contribution is 5.97. The molecule has 7 nitrogen and oxygen atoms in total. The number of nitrogens with zero attached hydrogens (tertiary/aromatic N) is 4. The zero-order valence-corrected chi connectivity index (χ0v) is 19.8. The predicted octanol–water partition coefficient (Wildman–Crippen LogP) is 2.90. The second-order valence-corrected chi connectivity index (χ2v) is 9.69. The molecule has 0 saturated carbocycles. The number of rotatable bonds is 4. The third-order valence-electron chi connectivity index (χ3n) is 7.54. The van der Waals surface area contributed by atoms with E-state index in [-0.39, 0.29) is 24.3 Å². The van der Waals surface area contributed by atoms with Crippen molar-refractivity contribution in [1.82, 2.24) is 14.7 Å². The van der Waals surface area contributed by atoms with Crippen molar-refractivity contribution in [3.8, 4) is 0 Å². The van der Waals surface area contributed by atoms with Gasteiger partial charge in [0.15, 0.2) is 0 Å². The van der Waals surface area contributed by atoms with Crippen LogP contribution in [0.1, 0.15) is 41.6 Å². The van der Waals surface area contributed by atoms with E-state index >= 15 is 0 Å². The van der Waals surface area contributed by atoms with E-state index in [4.69, 9.17) is 0 Å². The summed E-state index contributed by atoms with van der Waals surface area (Å²) in [5.74, 6) is 0.0434. The SMILES string of the molecule is Cc1ccc(C(=O)N2CCC3(CC2)C(=O)N(CC(=O)N2CCCC2)CN3c2ccccc2)cc1. The van der Waals surface area contributed by atoms with Crippen LogP contribution in [0.25, 0.3) is 0 Å². The number of benzene rings is 2. The summed E-state index contributed by atoms with van der Waals surface area (Å²) >= 11 is 0. The fraction of sp³-hybridized carbons (Fsp3) is 0.444. The second kappa shape index (κ2) is 9.12. The summed E-state index contributed by atoms with van der Waals surface area (Å²) in [4.78, 5) is 47.3. The number of likely N-dealkylation sites (tertiary alicyclic amines) is 2. The number of carbonyl (C=O) groups excluding carboxylic acids is 3. The van der Waals surface area contributed by atoms with Crippen LogP contribution in [0.2, 0.25) is 0 Å². The van der Waals surface area contributed by atoms with E-state index in [1.54, 1.807) is 4.90 Å². The van der Waals surface area contributed by atoms with Gasteiger partial charge in [0.25, 0.3) is 11.8 Å². The molecular formula is C27H32N4O3. The Morgan fingerprint density at radius 1 is 0.853 bits per heavy atom. The molecule has 5 rings (SSSR count). The highest BCUT2D eigenvalue weighted by Crippen LogP contribution is 2.39. The lowest BCUT2D eigenvalue weighted by Gasteiger charge is -2.43. The molecule has 34 heavy (non-hydrogen) atoms. The standard InChI is InChI=1S/C27H32N4O3/c1-21-9-11-22(12-10-21)25(33)29-17-13-27(14-18-29)26(34)30(19-24(32)28-15-5-6-16-28)20-31(27)23-7-3-2-4-8-23/h2-4,7-12H,5-6,13-20H2,1H3. The molecule has 0 aliphatic carbocycles. The molecule has 0 radical (unpaired) electrons. The summed E-state index contributed by atoms with van der Waals surface area (Å²) < 4.78 is 0. The largest absolute Gasteiger partial charge is 0.341 e. The number of hydrogen-bond acceptors (Lipinski definition) is 4. The molecule has 178 valence electrons. The van der Waals surface area contributed by atoms with Crippen molar-refractivity contribution < 1.29 is 14.4 Å². The molecule has 3 aliphatic heterocycles. The molecule has 0 aromatic heterocycles. The minimum atomic E-state index is -0.725. The Kier molecular flexibility index (Phi) is 6.02. The fourth-order valence-corrected chi connectivity index (χ4v) is 5.51. The molecule has 3 aliphatic rings. The van der Waals surface area contributed by atoms with Gasteiger partial charge >= 0.3 is 0 Å². The van der Waals surface area contributed by atoms with Crippen molar-refractivity contribution in [1.29, 1.82) is 0 Å². The zero-order valence-electron chi connectivity index (χ0n) is 19.8. The highest BCUT2D eigenvalue weighted by Gasteiger charge is 2.54. The average molecular weight is 461 g/mol. The normalized spacial score (nSPS) is 19.9. The Hall–Kier alpha value is -3.35. The van der Waals surface area contributed by atoms with Crippen LogP contribution in [0.4, 0.5) is 5.69 Å². The maximum absolute atomic E-state index is 13.8. The lowest BCUT2D eigenvalue weighted by Crippen LogP contribution is -2.57. The van der Waals surface area contributed by atoms with Gasteiger partial charge in [0.1, 0.15) is 12.1 Å². The van der Waals surface area contributed by atoms with E-state index in [0.717, 1.165) is 37.2 Å². The molecule has 3 amide bonds. The fourth-order valence-electron chi connectivity index (χ4n) is 5.51. The Bertz CT molecular complexity index is 1060. The predicted molar refractivity (Wildman–Crippen MR) is 130 cm³/mol. The van der Waals surface area contributed by atoms with Gasteiger partial charge in [-0.3, -0.25) is 14.4 Å². The Balaban J connectivity index is 1.35. The van der Waals surface area contributed by atoms with Crippen LogP contribution < -0.4 is 4.90 Å². The van der Waals surface area contributed by atoms with Crippen LogP contribution in [0.15, 0.2) is 54.6 Å². The highest BCUT2D eigenvalue weighted by atomic mass is 16.2. The third kappa shape index (κ3) is 4.04. The van der Waals surface area contributed by atoms with Crippen LogP contribution in [-0.4, -0.2) is 77.4 Å². The van der Waals surface area contributed by atoms with Crippen LogP contribution in [0, 0.1) is 6.92 Å². The number of carbonyl (C=O) groups is 3. The number of aryl methyl sites for hydroxylation is 1. The lowest BCUT2D eigenvalue weighted by molar-refractivity contribution is -0.140. The number of hydrogen-bond donors (Lipinski definition) is 0. The van der Waals surface area contributed by atoms with E-state index in [1.165, 1.54) is 0 Å². The van der Waals surface area contributed by atoms with E-state index in [1.807, 2.05) is 71.3 Å². The van der Waals surface area contributed by atoms with Gasteiger partial charge in [0.05, 0.1) is 6.67 Å². The van der Waals surface area contributed by atoms with Crippen LogP contribution in [0.3, 0.4) is 0 Å². The molecule has 7 heteroatoms. The summed E-state index contributed by atoms with van der Waals surface area (Å²) in [6.45, 7) is 5.10. The van der Waals surface area contributed by atoms with Crippen molar-refractivity contribution in [2.75, 3.05) is 44.3 Å². The van der Waals surface area contributed by atoms with E-state index in [9.17, 15) is 14.4 Å². The van der Waals surface area contributed by atoms with Crippen LogP contribution >= 0.6 is 0 Å². The molecule has 3 heterocycles. The molecule has 0 unspecified atom stereocenters. The average Bonchev–Trinajstić information content (AvgIpc) is 3.49. The monoisotopic (exact) mass is 460 g/mol. The molecule has 0 bridgehead atoms. The number of anilines is 1. The van der Waals surface area contributed by atoms with Gasteiger partial charge in [-0.15, -0.1) is 0 Å². The summed E-state index contributed by atoms with van der Waals surface area (Å²) in [7, 11) is 0. The maximum atomic E-state index is 13.8. The first-order chi connectivity index (χ1) is 16.5. The van der Waals surface area contributed by atoms with Gasteiger partial charge in [0.2, 0.25) is 5.91 Å². The maximum Gasteiger partial charge on any atom is 0.253 e. The third-order valence-corrected chi connectivity index (χ3v) is 7.54. The summed E-state index contributed by atoms with van der Waals surface area (Å²) in [6.07, 6.45) is 3.16. The molecule has 3 fully saturated rings. The minimum absolute atomic E-state index is 0.00587. The van der Waals surface area contributed by atoms with Gasteiger partial charge in [0, 0.05) is 37.4 Å². The molecule has 1 spiro atoms. The molecule has 2 aromatic carbocycles. The molecule has 2 aromatic rings. The Morgan fingerprint density at radius 2 is 1.50 bits per heavy atom. The smallest absolute Gasteiger partial charge is 0.253 e. The van der Waals surface area contributed by atoms with Crippen LogP contribution in [0.5, 0.6) is 0 Å². The van der Waals surface area contributed by atoms with E-state index in [2.05, 4.69) is 4.90 Å². The summed E-state index contributed by atoms with van der Waals surface area (Å²) in [5, 5.41) is 0. The van der Waals surface area contributed by atoms with Gasteiger partial charge < -0.3 is 19.6 Å². The van der Waals surface area contributed by atoms with E-state index < -0.39 is 5.54 Å². The molecular weight excluding hydrogens is 428 g/mol. The summed E-state index contributed by atoms with van der Waals surface area (Å²) in [5.41, 5.74) is 2.05. The van der Waals surface area contributed by atoms with E-state index in [0.29, 0.717) is 38.2 Å². The van der Waals surface area contributed by atoms with Crippen molar-refractivity contribution in [2.45, 2.75) is 38.1 Å². The first-order valence-corrected chi connectivity index (χ1v) is 12.2. The van der Waals surface area contributed by atoms with Crippen molar-refractivity contribution in [2.24, 2.45) is 0 Å². The molecule has 3 saturated heterocycles. The topological polar surface area (TPSA) is 64.2 Å². The first kappa shape index (κ1) is 22.4. The summed E-state index contributed by atoms with van der Waals surface area (Å²) in [6, 6.07) is 17.6. The quantitative estimate of drug-likeness (QED) is 0.704. The van der Waals surface area contributed by atoms with Gasteiger partial charge in [-0.05, 0) is 56.9 Å². The Labute approximate surface area is 200 Å². The first-order valence-electron chi connectivity index (χ1n) is 12.2. The Morgan fingerprint density at radius 3 is 2.15 bits per heavy atom. The minimum Gasteiger partial charge on any atom is -0.341 e. The van der Waals surface area contributed by atoms with Gasteiger partial charge in [-0.25, -0.2) is 0 Å². The molecule has 0 N–H and O–H groups in total. The van der Waals surface area contributed by atoms with Crippen molar-refractivity contribution >= 4 is 23.4 Å².